The number of furan rings is 1. The average molecular weight is 1340 g/mol. The topological polar surface area (TPSA) is 49.0 Å². The zero-order valence-electron chi connectivity index (χ0n) is 56.6. The number of para-hydroxylation sites is 2. The summed E-state index contributed by atoms with van der Waals surface area (Å²) < 4.78 is 65.6. The Morgan fingerprint density at radius 3 is 1.94 bits per heavy atom. The van der Waals surface area contributed by atoms with Crippen molar-refractivity contribution < 1.29 is 41.6 Å². The molecule has 7 heteroatoms. The van der Waals surface area contributed by atoms with Crippen molar-refractivity contribution in [1.29, 1.82) is 0 Å². The van der Waals surface area contributed by atoms with Gasteiger partial charge in [-0.25, -0.2) is 4.98 Å². The number of nitrogens with zero attached hydrogens (tertiary/aromatic N) is 4. The molecule has 0 radical (unpaired) electrons. The molecule has 0 N–H and O–H groups in total. The van der Waals surface area contributed by atoms with E-state index in [1.54, 1.807) is 0 Å². The fourth-order valence-corrected chi connectivity index (χ4v) is 13.9. The predicted octanol–water partition coefficient (Wildman–Crippen LogP) is 21.1. The van der Waals surface area contributed by atoms with Crippen LogP contribution in [0.3, 0.4) is 0 Å². The van der Waals surface area contributed by atoms with Crippen molar-refractivity contribution in [2.75, 3.05) is 0 Å². The molecule has 0 amide bonds. The second-order valence-electron chi connectivity index (χ2n) is 27.5. The van der Waals surface area contributed by atoms with E-state index in [1.807, 2.05) is 65.4 Å². The summed E-state index contributed by atoms with van der Waals surface area (Å²) in [6, 6.07) is 64.9. The average Bonchev–Trinajstić information content (AvgIpc) is 1.44. The fraction of sp³-hybridized carbons (Fsp3) is 0.195. The van der Waals surface area contributed by atoms with Crippen LogP contribution in [-0.2, 0) is 42.7 Å². The van der Waals surface area contributed by atoms with E-state index in [-0.39, 0.29) is 60.4 Å². The second kappa shape index (κ2) is 20.5. The zero-order chi connectivity index (χ0) is 64.5. The van der Waals surface area contributed by atoms with Crippen molar-refractivity contribution in [1.82, 2.24) is 14.1 Å². The number of hydrogen-bond donors (Lipinski definition) is 0. The number of ether oxygens (including phenoxy) is 1. The molecule has 0 spiro atoms. The molecular weight excluding hydrogens is 1270 g/mol. The Kier molecular flexibility index (Phi) is 11.7. The van der Waals surface area contributed by atoms with Gasteiger partial charge in [0.05, 0.1) is 23.6 Å². The maximum Gasteiger partial charge on any atom is 0.268 e. The summed E-state index contributed by atoms with van der Waals surface area (Å²) in [5, 5.41) is 4.12. The van der Waals surface area contributed by atoms with Gasteiger partial charge in [0.25, 0.3) is 6.33 Å². The molecule has 0 saturated carbocycles. The number of aromatic nitrogens is 4. The van der Waals surface area contributed by atoms with Crippen LogP contribution in [0, 0.1) is 18.5 Å². The van der Waals surface area contributed by atoms with E-state index in [2.05, 4.69) is 212 Å². The number of rotatable bonds is 6. The third-order valence-electron chi connectivity index (χ3n) is 18.8. The van der Waals surface area contributed by atoms with Crippen LogP contribution in [0.1, 0.15) is 111 Å². The van der Waals surface area contributed by atoms with Gasteiger partial charge in [0, 0.05) is 55.1 Å². The van der Waals surface area contributed by atoms with Gasteiger partial charge in [-0.1, -0.05) is 196 Å². The van der Waals surface area contributed by atoms with Gasteiger partial charge < -0.3 is 18.3 Å². The number of hydrogen-bond acceptors (Lipinski definition) is 3. The minimum absolute atomic E-state index is 0. The summed E-state index contributed by atoms with van der Waals surface area (Å²) in [6.07, 6.45) is 7.94. The molecule has 0 unspecified atom stereocenters. The first-order chi connectivity index (χ1) is 44.4. The zero-order valence-corrected chi connectivity index (χ0v) is 53.9. The van der Waals surface area contributed by atoms with Crippen LogP contribution >= 0.6 is 0 Å². The van der Waals surface area contributed by atoms with E-state index in [9.17, 15) is 2.74 Å². The summed E-state index contributed by atoms with van der Waals surface area (Å²) >= 11 is 0. The smallest absolute Gasteiger partial charge is 0.268 e. The van der Waals surface area contributed by atoms with Crippen LogP contribution in [0.15, 0.2) is 211 Å². The van der Waals surface area contributed by atoms with Crippen molar-refractivity contribution in [3.8, 4) is 84.3 Å². The number of fused-ring (bicyclic) bond motifs is 14. The fourth-order valence-electron chi connectivity index (χ4n) is 13.9. The Labute approximate surface area is 542 Å². The van der Waals surface area contributed by atoms with Crippen molar-refractivity contribution in [2.45, 2.75) is 104 Å². The normalized spacial score (nSPS) is 15.0. The minimum atomic E-state index is -0.456. The number of pyridine rings is 1. The van der Waals surface area contributed by atoms with Gasteiger partial charge in [0.2, 0.25) is 0 Å². The van der Waals surface area contributed by atoms with Crippen molar-refractivity contribution in [3.63, 3.8) is 0 Å². The third kappa shape index (κ3) is 9.23. The molecule has 2 aliphatic rings. The summed E-state index contributed by atoms with van der Waals surface area (Å²) in [7, 11) is 0. The van der Waals surface area contributed by atoms with Gasteiger partial charge in [0.15, 0.2) is 0 Å². The summed E-state index contributed by atoms with van der Waals surface area (Å²) in [6.45, 7) is 23.0. The Hall–Kier alpha value is -9.09. The van der Waals surface area contributed by atoms with E-state index >= 15 is 0 Å². The first kappa shape index (κ1) is 50.9. The van der Waals surface area contributed by atoms with E-state index in [0.29, 0.717) is 28.3 Å². The molecule has 5 heterocycles. The monoisotopic (exact) mass is 1340 g/mol. The molecule has 14 aromatic rings. The minimum Gasteiger partial charge on any atom is -0.510 e. The molecule has 1 aliphatic carbocycles. The van der Waals surface area contributed by atoms with Crippen LogP contribution < -0.4 is 9.30 Å². The summed E-state index contributed by atoms with van der Waals surface area (Å²) in [4.78, 5) is 4.92. The first-order valence-corrected chi connectivity index (χ1v) is 30.6. The molecule has 0 fully saturated rings. The first-order valence-electron chi connectivity index (χ1n) is 33.1. The van der Waals surface area contributed by atoms with Crippen molar-refractivity contribution in [3.05, 3.63) is 247 Å². The molecule has 16 rings (SSSR count). The van der Waals surface area contributed by atoms with Gasteiger partial charge in [-0.15, -0.1) is 29.7 Å². The Morgan fingerprint density at radius 2 is 1.19 bits per heavy atom. The largest absolute Gasteiger partial charge is 0.510 e. The molecule has 0 bridgehead atoms. The molecule has 1 aliphatic heterocycles. The summed E-state index contributed by atoms with van der Waals surface area (Å²) in [5.41, 5.74) is 19.0. The van der Waals surface area contributed by atoms with Gasteiger partial charge in [-0.05, 0) is 172 Å². The van der Waals surface area contributed by atoms with Crippen LogP contribution in [0.2, 0.25) is 0 Å². The number of benzene rings is 10. The van der Waals surface area contributed by atoms with Crippen LogP contribution in [-0.4, -0.2) is 14.1 Å². The molecular formula is C82H68N4O2Pt-2. The van der Waals surface area contributed by atoms with Crippen molar-refractivity contribution in [2.24, 2.45) is 0 Å². The number of imidazole rings is 1. The van der Waals surface area contributed by atoms with E-state index < -0.39 is 18.1 Å². The molecule has 0 saturated heterocycles. The SMILES string of the molecule is [2H]c1c([2H])c([2H])c(-c2cc3c4c(c2)n(-c2[c-]c(Oc5[c-]c6c(cc5)c5ccccc5n6-c5cc(C(C)(C)C)ccn5)ccc2)[c-][n+]4-c2c(-c4ccc5oc6ccccc6c5c4)cc(C(C)(C)C)cc2-c2cc4c(cc2-c2ccccc2-3)C(C)(C)CCC4(C)C)c([2H])c1[2H].[Pt]. The Bertz CT molecular complexity index is 5510. The van der Waals surface area contributed by atoms with Crippen molar-refractivity contribution >= 4 is 54.8 Å². The third-order valence-corrected chi connectivity index (χ3v) is 18.8. The second-order valence-corrected chi connectivity index (χ2v) is 27.5. The van der Waals surface area contributed by atoms with E-state index in [1.165, 1.54) is 11.1 Å². The summed E-state index contributed by atoms with van der Waals surface area (Å²) in [5.74, 6) is 1.69. The van der Waals surface area contributed by atoms with Gasteiger partial charge in [-0.2, -0.15) is 18.2 Å². The van der Waals surface area contributed by atoms with E-state index in [4.69, 9.17) is 18.3 Å². The van der Waals surface area contributed by atoms with Gasteiger partial charge in [-0.3, -0.25) is 4.57 Å². The maximum atomic E-state index is 9.53. The standard InChI is InChI=1S/C82H68N4O2.Pt/c1-79(2,3)53-35-38-83-76(44-53)86-71-29-18-16-27-60(71)61-33-32-57(46-72(61)86)87-56-24-20-23-55(45-56)84-49-85-77-63(51-31-34-75-66(39-51)62-28-17-19-30-74(62)88-75)42-54(80(4,5)6)43-68(77)65-48-70-69(81(7,8)36-37-82(70,9)10)47-64(65)58-25-14-15-26-59(58)67-40-52(41-73(84)78(67)85)50-21-12-11-13-22-50;/h11-35,38-44,47-48H,36-37H2,1-10H3;/q-2;/i11D,12D,13D,21D,22D;. The maximum absolute atomic E-state index is 9.53. The molecule has 440 valence electrons. The molecule has 0 atom stereocenters. The molecule has 10 aromatic carbocycles. The molecule has 89 heavy (non-hydrogen) atoms. The predicted molar refractivity (Wildman–Crippen MR) is 361 cm³/mol. The van der Waals surface area contributed by atoms with Gasteiger partial charge >= 0.3 is 0 Å². The van der Waals surface area contributed by atoms with E-state index in [0.717, 1.165) is 129 Å². The van der Waals surface area contributed by atoms with Crippen LogP contribution in [0.25, 0.3) is 128 Å². The van der Waals surface area contributed by atoms with Gasteiger partial charge in [0.1, 0.15) is 17.0 Å². The van der Waals surface area contributed by atoms with Crippen LogP contribution in [0.4, 0.5) is 0 Å². The quantitative estimate of drug-likeness (QED) is 0.123. The molecule has 4 aromatic heterocycles. The molecule has 6 nitrogen and oxygen atoms in total. The van der Waals surface area contributed by atoms with Crippen LogP contribution in [0.5, 0.6) is 11.5 Å². The Morgan fingerprint density at radius 1 is 0.528 bits per heavy atom. The Balaban J connectivity index is 0.00000729.